The van der Waals surface area contributed by atoms with Gasteiger partial charge in [0.1, 0.15) is 4.90 Å². The summed E-state index contributed by atoms with van der Waals surface area (Å²) in [6.07, 6.45) is 4.64. The second kappa shape index (κ2) is 5.41. The Hall–Kier alpha value is -1.86. The summed E-state index contributed by atoms with van der Waals surface area (Å²) in [7, 11) is 0.0579. The highest BCUT2D eigenvalue weighted by Gasteiger charge is 2.17. The standard InChI is InChI=1S/C12H16N4O2S/c1-13-8-11-6-12(9-16(11)2)19(17,18)15-10-4-3-5-14-7-10/h3-7,9,13,15H,8H2,1-2H3. The lowest BCUT2D eigenvalue weighted by Gasteiger charge is -2.05. The molecule has 0 unspecified atom stereocenters. The van der Waals surface area contributed by atoms with Crippen LogP contribution in [0.25, 0.3) is 0 Å². The Morgan fingerprint density at radius 1 is 1.42 bits per heavy atom. The summed E-state index contributed by atoms with van der Waals surface area (Å²) in [4.78, 5) is 4.11. The highest BCUT2D eigenvalue weighted by Crippen LogP contribution is 2.17. The average Bonchev–Trinajstić information content (AvgIpc) is 2.73. The van der Waals surface area contributed by atoms with Gasteiger partial charge in [-0.15, -0.1) is 0 Å². The van der Waals surface area contributed by atoms with Crippen LogP contribution in [0.2, 0.25) is 0 Å². The van der Waals surface area contributed by atoms with Gasteiger partial charge in [0.2, 0.25) is 0 Å². The van der Waals surface area contributed by atoms with Crippen LogP contribution in [0.3, 0.4) is 0 Å². The van der Waals surface area contributed by atoms with Gasteiger partial charge >= 0.3 is 0 Å². The highest BCUT2D eigenvalue weighted by molar-refractivity contribution is 7.92. The van der Waals surface area contributed by atoms with Crippen molar-refractivity contribution in [3.05, 3.63) is 42.5 Å². The minimum absolute atomic E-state index is 0.240. The van der Waals surface area contributed by atoms with Crippen molar-refractivity contribution in [3.8, 4) is 0 Å². The summed E-state index contributed by atoms with van der Waals surface area (Å²) < 4.78 is 28.7. The zero-order valence-corrected chi connectivity index (χ0v) is 11.6. The second-order valence-electron chi connectivity index (χ2n) is 4.16. The van der Waals surface area contributed by atoms with Crippen molar-refractivity contribution in [2.24, 2.45) is 7.05 Å². The van der Waals surface area contributed by atoms with Crippen LogP contribution in [0.1, 0.15) is 5.69 Å². The molecule has 2 N–H and O–H groups in total. The van der Waals surface area contributed by atoms with Gasteiger partial charge in [0.25, 0.3) is 10.0 Å². The number of nitrogens with zero attached hydrogens (tertiary/aromatic N) is 2. The molecule has 0 atom stereocenters. The van der Waals surface area contributed by atoms with Crippen LogP contribution in [0.4, 0.5) is 5.69 Å². The molecule has 0 spiro atoms. The van der Waals surface area contributed by atoms with Gasteiger partial charge in [-0.2, -0.15) is 0 Å². The van der Waals surface area contributed by atoms with Crippen LogP contribution in [0, 0.1) is 0 Å². The van der Waals surface area contributed by atoms with E-state index in [1.54, 1.807) is 35.2 Å². The highest BCUT2D eigenvalue weighted by atomic mass is 32.2. The molecule has 0 aliphatic rings. The topological polar surface area (TPSA) is 76.0 Å². The third kappa shape index (κ3) is 3.12. The van der Waals surface area contributed by atoms with Gasteiger partial charge in [-0.25, -0.2) is 8.42 Å². The lowest BCUT2D eigenvalue weighted by molar-refractivity contribution is 0.601. The molecule has 0 bridgehead atoms. The van der Waals surface area contributed by atoms with Crippen LogP contribution in [-0.4, -0.2) is 25.0 Å². The van der Waals surface area contributed by atoms with E-state index in [2.05, 4.69) is 15.0 Å². The van der Waals surface area contributed by atoms with Crippen molar-refractivity contribution >= 4 is 15.7 Å². The second-order valence-corrected chi connectivity index (χ2v) is 5.84. The number of hydrogen-bond acceptors (Lipinski definition) is 4. The first-order chi connectivity index (χ1) is 9.03. The van der Waals surface area contributed by atoms with E-state index < -0.39 is 10.0 Å². The SMILES string of the molecule is CNCc1cc(S(=O)(=O)Nc2cccnc2)cn1C. The van der Waals surface area contributed by atoms with Gasteiger partial charge in [0.15, 0.2) is 0 Å². The van der Waals surface area contributed by atoms with Crippen LogP contribution < -0.4 is 10.0 Å². The molecular weight excluding hydrogens is 264 g/mol. The van der Waals surface area contributed by atoms with E-state index >= 15 is 0 Å². The molecule has 7 heteroatoms. The normalized spacial score (nSPS) is 11.5. The Morgan fingerprint density at radius 2 is 2.21 bits per heavy atom. The van der Waals surface area contributed by atoms with E-state index in [-0.39, 0.29) is 4.90 Å². The largest absolute Gasteiger partial charge is 0.352 e. The Kier molecular flexibility index (Phi) is 3.87. The Labute approximate surface area is 112 Å². The molecule has 2 rings (SSSR count). The van der Waals surface area contributed by atoms with E-state index in [4.69, 9.17) is 0 Å². The minimum Gasteiger partial charge on any atom is -0.352 e. The van der Waals surface area contributed by atoms with Crippen molar-refractivity contribution in [3.63, 3.8) is 0 Å². The first-order valence-corrected chi connectivity index (χ1v) is 7.24. The van der Waals surface area contributed by atoms with Crippen LogP contribution in [0.5, 0.6) is 0 Å². The lowest BCUT2D eigenvalue weighted by atomic mass is 10.4. The van der Waals surface area contributed by atoms with E-state index in [0.717, 1.165) is 5.69 Å². The Balaban J connectivity index is 2.27. The zero-order chi connectivity index (χ0) is 13.9. The van der Waals surface area contributed by atoms with Crippen LogP contribution in [-0.2, 0) is 23.6 Å². The van der Waals surface area contributed by atoms with Gasteiger partial charge in [-0.1, -0.05) is 0 Å². The van der Waals surface area contributed by atoms with E-state index in [1.807, 2.05) is 14.1 Å². The summed E-state index contributed by atoms with van der Waals surface area (Å²) in [5.74, 6) is 0. The molecule has 0 saturated carbocycles. The number of aromatic nitrogens is 2. The molecule has 19 heavy (non-hydrogen) atoms. The molecule has 2 aromatic heterocycles. The number of rotatable bonds is 5. The molecule has 0 saturated heterocycles. The number of anilines is 1. The predicted octanol–water partition coefficient (Wildman–Crippen LogP) is 0.940. The summed E-state index contributed by atoms with van der Waals surface area (Å²) in [6.45, 7) is 0.610. The maximum Gasteiger partial charge on any atom is 0.263 e. The molecule has 0 aliphatic heterocycles. The van der Waals surface area contributed by atoms with Gasteiger partial charge in [-0.3, -0.25) is 9.71 Å². The average molecular weight is 280 g/mol. The van der Waals surface area contributed by atoms with Gasteiger partial charge < -0.3 is 9.88 Å². The van der Waals surface area contributed by atoms with Gasteiger partial charge in [0.05, 0.1) is 11.9 Å². The third-order valence-corrected chi connectivity index (χ3v) is 4.01. The van der Waals surface area contributed by atoms with Crippen molar-refractivity contribution in [1.82, 2.24) is 14.9 Å². The van der Waals surface area contributed by atoms with Gasteiger partial charge in [-0.05, 0) is 25.2 Å². The smallest absolute Gasteiger partial charge is 0.263 e. The molecule has 0 radical (unpaired) electrons. The fraction of sp³-hybridized carbons (Fsp3) is 0.250. The molecule has 0 aromatic carbocycles. The summed E-state index contributed by atoms with van der Waals surface area (Å²) in [5, 5.41) is 2.99. The number of hydrogen-bond donors (Lipinski definition) is 2. The number of aryl methyl sites for hydroxylation is 1. The maximum absolute atomic E-state index is 12.2. The molecule has 0 aliphatic carbocycles. The Morgan fingerprint density at radius 3 is 2.84 bits per heavy atom. The van der Waals surface area contributed by atoms with Crippen molar-refractivity contribution in [1.29, 1.82) is 0 Å². The number of pyridine rings is 1. The monoisotopic (exact) mass is 280 g/mol. The molecule has 102 valence electrons. The summed E-state index contributed by atoms with van der Waals surface area (Å²) in [5.41, 5.74) is 1.34. The molecule has 0 amide bonds. The van der Waals surface area contributed by atoms with E-state index in [1.165, 1.54) is 6.20 Å². The van der Waals surface area contributed by atoms with Crippen molar-refractivity contribution in [2.45, 2.75) is 11.4 Å². The van der Waals surface area contributed by atoms with E-state index in [0.29, 0.717) is 12.2 Å². The zero-order valence-electron chi connectivity index (χ0n) is 10.8. The number of sulfonamides is 1. The quantitative estimate of drug-likeness (QED) is 0.854. The van der Waals surface area contributed by atoms with Crippen LogP contribution in [0.15, 0.2) is 41.7 Å². The summed E-state index contributed by atoms with van der Waals surface area (Å²) in [6, 6.07) is 4.98. The first-order valence-electron chi connectivity index (χ1n) is 5.75. The number of nitrogens with one attached hydrogen (secondary N) is 2. The lowest BCUT2D eigenvalue weighted by Crippen LogP contribution is -2.12. The van der Waals surface area contributed by atoms with Crippen molar-refractivity contribution in [2.75, 3.05) is 11.8 Å². The maximum atomic E-state index is 12.2. The fourth-order valence-electron chi connectivity index (χ4n) is 1.72. The molecule has 0 fully saturated rings. The molecular formula is C12H16N4O2S. The first kappa shape index (κ1) is 13.6. The molecule has 2 aromatic rings. The van der Waals surface area contributed by atoms with Gasteiger partial charge in [0, 0.05) is 31.7 Å². The molecule has 2 heterocycles. The van der Waals surface area contributed by atoms with E-state index in [9.17, 15) is 8.42 Å². The minimum atomic E-state index is -3.57. The van der Waals surface area contributed by atoms with Crippen molar-refractivity contribution < 1.29 is 8.42 Å². The fourth-order valence-corrected chi connectivity index (χ4v) is 2.86. The summed E-state index contributed by atoms with van der Waals surface area (Å²) >= 11 is 0. The predicted molar refractivity (Wildman–Crippen MR) is 73.2 cm³/mol. The third-order valence-electron chi connectivity index (χ3n) is 2.66. The Bertz CT molecular complexity index is 650. The molecule has 6 nitrogen and oxygen atoms in total. The van der Waals surface area contributed by atoms with Crippen LogP contribution >= 0.6 is 0 Å².